The first kappa shape index (κ1) is 19.2. The van der Waals surface area contributed by atoms with Crippen molar-refractivity contribution in [2.45, 2.75) is 43.9 Å². The molecule has 0 saturated heterocycles. The number of ether oxygens (including phenoxy) is 2. The number of rotatable bonds is 7. The van der Waals surface area contributed by atoms with E-state index < -0.39 is 11.9 Å². The number of carbonyl (C=O) groups is 2. The molecule has 2 aromatic rings. The molecule has 2 amide bonds. The van der Waals surface area contributed by atoms with Crippen LogP contribution in [0.5, 0.6) is 11.5 Å². The molecule has 1 saturated carbocycles. The highest BCUT2D eigenvalue weighted by Crippen LogP contribution is 2.29. The van der Waals surface area contributed by atoms with Crippen LogP contribution in [0.25, 0.3) is 0 Å². The highest BCUT2D eigenvalue weighted by molar-refractivity contribution is 5.83. The molecule has 0 bridgehead atoms. The molecule has 7 heteroatoms. The average Bonchev–Trinajstić information content (AvgIpc) is 3.12. The predicted molar refractivity (Wildman–Crippen MR) is 104 cm³/mol. The number of benzene rings is 2. The highest BCUT2D eigenvalue weighted by atomic mass is 19.1. The third-order valence-electron chi connectivity index (χ3n) is 5.21. The van der Waals surface area contributed by atoms with Crippen molar-refractivity contribution in [2.75, 3.05) is 6.61 Å². The Morgan fingerprint density at radius 1 is 1.03 bits per heavy atom. The summed E-state index contributed by atoms with van der Waals surface area (Å²) in [7, 11) is 0. The number of fused-ring (bicyclic) bond motifs is 1. The number of carbonyl (C=O) groups excluding carboxylic acids is 2. The normalized spacial score (nSPS) is 22.0. The zero-order chi connectivity index (χ0) is 20.2. The molecule has 6 nitrogen and oxygen atoms in total. The number of halogens is 1. The fraction of sp³-hybridized carbons (Fsp3) is 0.364. The molecule has 1 aliphatic carbocycles. The van der Waals surface area contributed by atoms with Crippen LogP contribution in [0.2, 0.25) is 0 Å². The second-order valence-corrected chi connectivity index (χ2v) is 7.39. The van der Waals surface area contributed by atoms with Gasteiger partial charge in [-0.05, 0) is 36.6 Å². The van der Waals surface area contributed by atoms with Crippen LogP contribution in [0.4, 0.5) is 4.39 Å². The summed E-state index contributed by atoms with van der Waals surface area (Å²) >= 11 is 0. The minimum absolute atomic E-state index is 0.0305. The van der Waals surface area contributed by atoms with Gasteiger partial charge >= 0.3 is 0 Å². The van der Waals surface area contributed by atoms with Gasteiger partial charge in [0, 0.05) is 18.5 Å². The Balaban J connectivity index is 1.12. The molecule has 2 aliphatic rings. The lowest BCUT2D eigenvalue weighted by Crippen LogP contribution is -2.55. The highest BCUT2D eigenvalue weighted by Gasteiger charge is 2.35. The van der Waals surface area contributed by atoms with Gasteiger partial charge in [0.05, 0.1) is 13.0 Å². The van der Waals surface area contributed by atoms with Gasteiger partial charge in [-0.2, -0.15) is 0 Å². The Bertz CT molecular complexity index is 873. The number of hydrogen-bond acceptors (Lipinski definition) is 4. The summed E-state index contributed by atoms with van der Waals surface area (Å²) in [5, 5.41) is 5.89. The molecule has 1 unspecified atom stereocenters. The summed E-state index contributed by atoms with van der Waals surface area (Å²) in [5.74, 6) is 0.201. The molecule has 1 atom stereocenters. The largest absolute Gasteiger partial charge is 0.490 e. The van der Waals surface area contributed by atoms with E-state index in [1.165, 1.54) is 12.1 Å². The summed E-state index contributed by atoms with van der Waals surface area (Å²) < 4.78 is 24.4. The van der Waals surface area contributed by atoms with Crippen LogP contribution in [0.3, 0.4) is 0 Å². The second kappa shape index (κ2) is 8.51. The van der Waals surface area contributed by atoms with E-state index in [0.717, 1.165) is 11.3 Å². The lowest BCUT2D eigenvalue weighted by molar-refractivity contribution is -0.128. The van der Waals surface area contributed by atoms with E-state index in [1.54, 1.807) is 12.1 Å². The Morgan fingerprint density at radius 3 is 2.55 bits per heavy atom. The van der Waals surface area contributed by atoms with E-state index in [1.807, 2.05) is 24.3 Å². The summed E-state index contributed by atoms with van der Waals surface area (Å²) in [4.78, 5) is 24.4. The van der Waals surface area contributed by atoms with Crippen LogP contribution in [0, 0.1) is 5.82 Å². The van der Waals surface area contributed by atoms with E-state index in [-0.39, 0.29) is 42.7 Å². The van der Waals surface area contributed by atoms with Crippen molar-refractivity contribution in [3.05, 3.63) is 59.9 Å². The van der Waals surface area contributed by atoms with Crippen molar-refractivity contribution in [1.29, 1.82) is 0 Å². The van der Waals surface area contributed by atoms with E-state index in [4.69, 9.17) is 9.47 Å². The molecule has 0 radical (unpaired) electrons. The van der Waals surface area contributed by atoms with Gasteiger partial charge in [-0.3, -0.25) is 9.59 Å². The van der Waals surface area contributed by atoms with Gasteiger partial charge in [0.15, 0.2) is 17.7 Å². The van der Waals surface area contributed by atoms with Crippen molar-refractivity contribution in [1.82, 2.24) is 10.6 Å². The van der Waals surface area contributed by atoms with Crippen LogP contribution in [0.15, 0.2) is 48.5 Å². The zero-order valence-electron chi connectivity index (χ0n) is 15.9. The Hall–Kier alpha value is -3.09. The topological polar surface area (TPSA) is 76.7 Å². The molecule has 0 spiro atoms. The van der Waals surface area contributed by atoms with Crippen molar-refractivity contribution >= 4 is 11.8 Å². The van der Waals surface area contributed by atoms with Gasteiger partial charge in [-0.1, -0.05) is 30.3 Å². The van der Waals surface area contributed by atoms with Gasteiger partial charge in [0.2, 0.25) is 5.91 Å². The summed E-state index contributed by atoms with van der Waals surface area (Å²) in [6.07, 6.45) is 1.61. The van der Waals surface area contributed by atoms with E-state index in [0.29, 0.717) is 19.3 Å². The Labute approximate surface area is 168 Å². The van der Waals surface area contributed by atoms with Gasteiger partial charge in [-0.25, -0.2) is 4.39 Å². The number of hydrogen-bond donors (Lipinski definition) is 2. The minimum Gasteiger partial charge on any atom is -0.490 e. The van der Waals surface area contributed by atoms with E-state index in [9.17, 15) is 14.0 Å². The fourth-order valence-electron chi connectivity index (χ4n) is 3.59. The molecule has 0 aromatic heterocycles. The molecule has 1 heterocycles. The molecule has 1 fully saturated rings. The van der Waals surface area contributed by atoms with Gasteiger partial charge in [0.25, 0.3) is 5.91 Å². The predicted octanol–water partition coefficient (Wildman–Crippen LogP) is 2.36. The third-order valence-corrected chi connectivity index (χ3v) is 5.21. The summed E-state index contributed by atoms with van der Waals surface area (Å²) in [5.41, 5.74) is 1.05. The van der Waals surface area contributed by atoms with Crippen LogP contribution < -0.4 is 20.1 Å². The van der Waals surface area contributed by atoms with Gasteiger partial charge in [-0.15, -0.1) is 0 Å². The van der Waals surface area contributed by atoms with Gasteiger partial charge < -0.3 is 20.1 Å². The monoisotopic (exact) mass is 398 g/mol. The maximum atomic E-state index is 13.5. The molecule has 152 valence electrons. The fourth-order valence-corrected chi connectivity index (χ4v) is 3.59. The van der Waals surface area contributed by atoms with E-state index in [2.05, 4.69) is 10.6 Å². The van der Waals surface area contributed by atoms with Crippen molar-refractivity contribution in [2.24, 2.45) is 0 Å². The lowest BCUT2D eigenvalue weighted by Gasteiger charge is -2.36. The number of amides is 2. The minimum atomic E-state index is -0.489. The van der Waals surface area contributed by atoms with Crippen molar-refractivity contribution in [3.8, 4) is 11.5 Å². The standard InChI is InChI=1S/C22H23FN2O4/c23-17-6-2-4-8-19(17)28-10-9-21(26)24-15-12-16(13-15)25-22(27)20-11-14-5-1-3-7-18(14)29-20/h1-8,15-16,20H,9-13H2,(H,24,26)(H,25,27). The first-order valence-electron chi connectivity index (χ1n) is 9.80. The molecular formula is C22H23FN2O4. The van der Waals surface area contributed by atoms with Gasteiger partial charge in [0.1, 0.15) is 5.75 Å². The third kappa shape index (κ3) is 4.67. The van der Waals surface area contributed by atoms with Crippen LogP contribution >= 0.6 is 0 Å². The quantitative estimate of drug-likeness (QED) is 0.751. The zero-order valence-corrected chi connectivity index (χ0v) is 15.9. The molecule has 2 N–H and O–H groups in total. The summed E-state index contributed by atoms with van der Waals surface area (Å²) in [6, 6.07) is 13.8. The smallest absolute Gasteiger partial charge is 0.261 e. The maximum absolute atomic E-state index is 13.5. The van der Waals surface area contributed by atoms with Crippen LogP contribution in [-0.2, 0) is 16.0 Å². The van der Waals surface area contributed by atoms with E-state index >= 15 is 0 Å². The Kier molecular flexibility index (Phi) is 5.64. The molecule has 4 rings (SSSR count). The first-order valence-corrected chi connectivity index (χ1v) is 9.80. The van der Waals surface area contributed by atoms with Crippen LogP contribution in [-0.4, -0.2) is 36.6 Å². The maximum Gasteiger partial charge on any atom is 0.261 e. The summed E-state index contributed by atoms with van der Waals surface area (Å²) in [6.45, 7) is 0.110. The second-order valence-electron chi connectivity index (χ2n) is 7.39. The molecular weight excluding hydrogens is 375 g/mol. The van der Waals surface area contributed by atoms with Crippen LogP contribution in [0.1, 0.15) is 24.8 Å². The first-order chi connectivity index (χ1) is 14.1. The Morgan fingerprint density at radius 2 is 1.76 bits per heavy atom. The molecule has 29 heavy (non-hydrogen) atoms. The van der Waals surface area contributed by atoms with Crippen molar-refractivity contribution in [3.63, 3.8) is 0 Å². The molecule has 1 aliphatic heterocycles. The lowest BCUT2D eigenvalue weighted by atomic mass is 9.86. The molecule has 2 aromatic carbocycles. The average molecular weight is 398 g/mol. The number of nitrogens with one attached hydrogen (secondary N) is 2. The van der Waals surface area contributed by atoms with Crippen molar-refractivity contribution < 1.29 is 23.5 Å². The SMILES string of the molecule is O=C(CCOc1ccccc1F)NC1CC(NC(=O)C2Cc3ccccc3O2)C1. The number of para-hydroxylation sites is 2.